The van der Waals surface area contributed by atoms with Gasteiger partial charge in [-0.1, -0.05) is 0 Å². The van der Waals surface area contributed by atoms with E-state index in [0.717, 1.165) is 19.3 Å². The molecule has 138 valence electrons. The third-order valence-corrected chi connectivity index (χ3v) is 4.70. The van der Waals surface area contributed by atoms with Gasteiger partial charge in [0, 0.05) is 23.7 Å². The number of alkyl halides is 3. The number of rotatable bonds is 4. The average molecular weight is 367 g/mol. The Kier molecular flexibility index (Phi) is 4.10. The van der Waals surface area contributed by atoms with Gasteiger partial charge in [-0.15, -0.1) is 0 Å². The first-order valence-electron chi connectivity index (χ1n) is 8.26. The monoisotopic (exact) mass is 367 g/mol. The lowest BCUT2D eigenvalue weighted by atomic mass is 9.95. The number of carbonyl (C=O) groups excluding carboxylic acids is 1. The summed E-state index contributed by atoms with van der Waals surface area (Å²) in [6.07, 6.45) is -1.42. The Labute approximate surface area is 146 Å². The van der Waals surface area contributed by atoms with E-state index in [4.69, 9.17) is 4.74 Å². The van der Waals surface area contributed by atoms with Crippen molar-refractivity contribution in [1.82, 2.24) is 15.6 Å². The maximum absolute atomic E-state index is 12.5. The molecule has 1 aromatic heterocycles. The summed E-state index contributed by atoms with van der Waals surface area (Å²) < 4.78 is 47.0. The molecular formula is C17H16F3N3O3. The predicted molar refractivity (Wildman–Crippen MR) is 83.8 cm³/mol. The summed E-state index contributed by atoms with van der Waals surface area (Å²) in [6, 6.07) is 6.99. The number of nitrogens with zero attached hydrogens (tertiary/aromatic N) is 1. The maximum Gasteiger partial charge on any atom is 0.451 e. The topological polar surface area (TPSA) is 76.4 Å². The van der Waals surface area contributed by atoms with E-state index >= 15 is 0 Å². The van der Waals surface area contributed by atoms with E-state index in [1.54, 1.807) is 12.1 Å². The molecule has 3 atom stereocenters. The average Bonchev–Trinajstić information content (AvgIpc) is 3.31. The number of halogens is 3. The van der Waals surface area contributed by atoms with E-state index in [0.29, 0.717) is 23.8 Å². The second-order valence-electron chi connectivity index (χ2n) is 6.48. The van der Waals surface area contributed by atoms with Crippen molar-refractivity contribution in [2.45, 2.75) is 43.6 Å². The molecule has 2 N–H and O–H groups in total. The van der Waals surface area contributed by atoms with Crippen molar-refractivity contribution < 1.29 is 27.1 Å². The van der Waals surface area contributed by atoms with Crippen LogP contribution in [0, 0.1) is 0 Å². The van der Waals surface area contributed by atoms with Crippen LogP contribution in [0.3, 0.4) is 0 Å². The minimum Gasteiger partial charge on any atom is -0.411 e. The summed E-state index contributed by atoms with van der Waals surface area (Å²) in [5.41, 5.74) is 0.448. The zero-order chi connectivity index (χ0) is 18.3. The van der Waals surface area contributed by atoms with Crippen molar-refractivity contribution in [3.8, 4) is 11.8 Å². The number of fused-ring (bicyclic) bond motifs is 2. The van der Waals surface area contributed by atoms with E-state index in [1.165, 1.54) is 12.1 Å². The molecule has 26 heavy (non-hydrogen) atoms. The van der Waals surface area contributed by atoms with Gasteiger partial charge in [0.15, 0.2) is 0 Å². The third-order valence-electron chi connectivity index (χ3n) is 4.70. The first-order valence-corrected chi connectivity index (χ1v) is 8.26. The van der Waals surface area contributed by atoms with Gasteiger partial charge in [-0.25, -0.2) is 0 Å². The van der Waals surface area contributed by atoms with E-state index in [-0.39, 0.29) is 17.7 Å². The molecule has 2 aromatic rings. The molecule has 0 saturated carbocycles. The maximum atomic E-state index is 12.5. The molecule has 0 spiro atoms. The molecule has 2 aliphatic rings. The molecule has 2 aliphatic heterocycles. The molecular weight excluding hydrogens is 351 g/mol. The van der Waals surface area contributed by atoms with Gasteiger partial charge in [0.2, 0.25) is 5.76 Å². The molecule has 0 unspecified atom stereocenters. The number of carbonyl (C=O) groups is 1. The van der Waals surface area contributed by atoms with Gasteiger partial charge >= 0.3 is 12.3 Å². The minimum atomic E-state index is -4.62. The lowest BCUT2D eigenvalue weighted by molar-refractivity contribution is -0.153. The number of hydrogen-bond donors (Lipinski definition) is 2. The van der Waals surface area contributed by atoms with Crippen LogP contribution in [0.25, 0.3) is 0 Å². The number of benzene rings is 1. The Bertz CT molecular complexity index is 804. The molecule has 6 nitrogen and oxygen atoms in total. The number of amides is 1. The molecule has 0 radical (unpaired) electrons. The largest absolute Gasteiger partial charge is 0.451 e. The first kappa shape index (κ1) is 16.9. The van der Waals surface area contributed by atoms with Crippen LogP contribution in [0.5, 0.6) is 11.8 Å². The highest BCUT2D eigenvalue weighted by Crippen LogP contribution is 2.32. The fourth-order valence-electron chi connectivity index (χ4n) is 3.45. The molecule has 2 bridgehead atoms. The fourth-order valence-corrected chi connectivity index (χ4v) is 3.45. The molecule has 1 amide bonds. The smallest absolute Gasteiger partial charge is 0.411 e. The van der Waals surface area contributed by atoms with Gasteiger partial charge in [0.1, 0.15) is 5.75 Å². The third kappa shape index (κ3) is 3.39. The Morgan fingerprint density at radius 2 is 2.04 bits per heavy atom. The van der Waals surface area contributed by atoms with Gasteiger partial charge in [0.05, 0.1) is 6.20 Å². The van der Waals surface area contributed by atoms with E-state index < -0.39 is 18.0 Å². The Hall–Kier alpha value is -2.55. The number of aromatic nitrogens is 1. The van der Waals surface area contributed by atoms with Crippen LogP contribution in [-0.2, 0) is 6.18 Å². The number of hydrogen-bond acceptors (Lipinski definition) is 5. The zero-order valence-electron chi connectivity index (χ0n) is 13.5. The minimum absolute atomic E-state index is 0.130. The molecule has 1 aromatic carbocycles. The molecule has 9 heteroatoms. The molecule has 0 aliphatic carbocycles. The van der Waals surface area contributed by atoms with E-state index in [9.17, 15) is 18.0 Å². The molecule has 3 heterocycles. The highest BCUT2D eigenvalue weighted by molar-refractivity contribution is 5.94. The lowest BCUT2D eigenvalue weighted by Crippen LogP contribution is -2.42. The van der Waals surface area contributed by atoms with Crippen molar-refractivity contribution in [2.24, 2.45) is 0 Å². The molecule has 2 fully saturated rings. The number of nitrogens with one attached hydrogen (secondary N) is 2. The van der Waals surface area contributed by atoms with Crippen LogP contribution in [-0.4, -0.2) is 29.0 Å². The van der Waals surface area contributed by atoms with Gasteiger partial charge in [0.25, 0.3) is 5.91 Å². The molecule has 2 saturated heterocycles. The SMILES string of the molecule is O=C(N[C@@H]1C[C@H]2CC[C@@H]1N2)c1ccc(Oc2ncc(C(F)(F)F)o2)cc1. The van der Waals surface area contributed by atoms with Gasteiger partial charge in [-0.3, -0.25) is 4.79 Å². The van der Waals surface area contributed by atoms with Crippen LogP contribution in [0.1, 0.15) is 35.4 Å². The highest BCUT2D eigenvalue weighted by atomic mass is 19.4. The number of oxazole rings is 1. The lowest BCUT2D eigenvalue weighted by Gasteiger charge is -2.21. The fraction of sp³-hybridized carbons (Fsp3) is 0.412. The summed E-state index contributed by atoms with van der Waals surface area (Å²) >= 11 is 0. The van der Waals surface area contributed by atoms with E-state index in [2.05, 4.69) is 20.0 Å². The summed E-state index contributed by atoms with van der Waals surface area (Å²) in [4.78, 5) is 15.8. The zero-order valence-corrected chi connectivity index (χ0v) is 13.5. The van der Waals surface area contributed by atoms with Gasteiger partial charge in [-0.2, -0.15) is 18.2 Å². The summed E-state index contributed by atoms with van der Waals surface area (Å²) in [5, 5.41) is 6.47. The number of ether oxygens (including phenoxy) is 1. The van der Waals surface area contributed by atoms with Gasteiger partial charge < -0.3 is 19.8 Å². The Morgan fingerprint density at radius 1 is 1.27 bits per heavy atom. The van der Waals surface area contributed by atoms with Crippen molar-refractivity contribution in [3.63, 3.8) is 0 Å². The van der Waals surface area contributed by atoms with Crippen molar-refractivity contribution in [3.05, 3.63) is 41.8 Å². The second-order valence-corrected chi connectivity index (χ2v) is 6.48. The van der Waals surface area contributed by atoms with Crippen LogP contribution in [0.2, 0.25) is 0 Å². The van der Waals surface area contributed by atoms with Crippen LogP contribution in [0.4, 0.5) is 13.2 Å². The van der Waals surface area contributed by atoms with Gasteiger partial charge in [-0.05, 0) is 43.5 Å². The van der Waals surface area contributed by atoms with Crippen molar-refractivity contribution in [1.29, 1.82) is 0 Å². The van der Waals surface area contributed by atoms with Crippen LogP contribution < -0.4 is 15.4 Å². The van der Waals surface area contributed by atoms with E-state index in [1.807, 2.05) is 0 Å². The Morgan fingerprint density at radius 3 is 2.62 bits per heavy atom. The summed E-state index contributed by atoms with van der Waals surface area (Å²) in [6.45, 7) is 0. The van der Waals surface area contributed by atoms with Crippen molar-refractivity contribution >= 4 is 5.91 Å². The molecule has 4 rings (SSSR count). The summed E-state index contributed by atoms with van der Waals surface area (Å²) in [7, 11) is 0. The van der Waals surface area contributed by atoms with Crippen LogP contribution >= 0.6 is 0 Å². The van der Waals surface area contributed by atoms with Crippen molar-refractivity contribution in [2.75, 3.05) is 0 Å². The highest BCUT2D eigenvalue weighted by Gasteiger charge is 2.39. The first-order chi connectivity index (χ1) is 12.4. The quantitative estimate of drug-likeness (QED) is 0.868. The normalized spacial score (nSPS) is 24.7. The second kappa shape index (κ2) is 6.31. The Balaban J connectivity index is 1.37. The summed E-state index contributed by atoms with van der Waals surface area (Å²) in [5.74, 6) is -1.20. The van der Waals surface area contributed by atoms with Crippen LogP contribution in [0.15, 0.2) is 34.9 Å². The standard InChI is InChI=1S/C17H16F3N3O3/c18-17(19,20)14-8-21-16(26-14)25-11-4-1-9(2-5-11)15(24)23-13-7-10-3-6-12(13)22-10/h1-2,4-5,8,10,12-13,22H,3,6-7H2,(H,23,24)/t10-,12+,13-/m1/s1. The predicted octanol–water partition coefficient (Wildman–Crippen LogP) is 3.11.